The van der Waals surface area contributed by atoms with Gasteiger partial charge in [-0.3, -0.25) is 14.7 Å². The molecule has 0 saturated carbocycles. The number of carbonyl (C=O) groups is 1. The molecule has 1 atom stereocenters. The first kappa shape index (κ1) is 17.6. The van der Waals surface area contributed by atoms with Gasteiger partial charge in [-0.1, -0.05) is 50.1 Å². The number of pyridine rings is 1. The number of amides is 1. The van der Waals surface area contributed by atoms with Gasteiger partial charge in [-0.15, -0.1) is 0 Å². The molecule has 1 aromatic carbocycles. The molecule has 3 rings (SSSR count). The van der Waals surface area contributed by atoms with Crippen LogP contribution in [-0.2, 0) is 11.3 Å². The summed E-state index contributed by atoms with van der Waals surface area (Å²) in [5.41, 5.74) is 3.56. The second kappa shape index (κ2) is 8.26. The topological polar surface area (TPSA) is 36.4 Å². The van der Waals surface area contributed by atoms with Crippen LogP contribution in [0.4, 0.5) is 0 Å². The maximum Gasteiger partial charge on any atom is 0.239 e. The third kappa shape index (κ3) is 4.26. The molecule has 4 nitrogen and oxygen atoms in total. The van der Waals surface area contributed by atoms with E-state index < -0.39 is 0 Å². The zero-order valence-corrected chi connectivity index (χ0v) is 15.2. The Labute approximate surface area is 150 Å². The highest BCUT2D eigenvalue weighted by Crippen LogP contribution is 2.22. The molecule has 1 amide bonds. The van der Waals surface area contributed by atoms with Gasteiger partial charge < -0.3 is 4.90 Å². The lowest BCUT2D eigenvalue weighted by Crippen LogP contribution is -2.55. The van der Waals surface area contributed by atoms with Gasteiger partial charge in [0, 0.05) is 39.1 Å². The number of benzene rings is 1. The Morgan fingerprint density at radius 2 is 1.92 bits per heavy atom. The van der Waals surface area contributed by atoms with E-state index in [2.05, 4.69) is 47.1 Å². The Bertz CT molecular complexity index is 684. The number of aromatic nitrogens is 1. The molecule has 4 heteroatoms. The lowest BCUT2D eigenvalue weighted by molar-refractivity contribution is -0.140. The summed E-state index contributed by atoms with van der Waals surface area (Å²) in [6.45, 7) is 4.77. The standard InChI is InChI=1S/C21H27N3O/c1-3-4-7-20-21(25)23(2)13-14-24(20)16-17-8-10-18(11-9-17)19-6-5-12-22-15-19/h5-6,8-12,15,20H,3-4,7,13-14,16H2,1-2H3. The highest BCUT2D eigenvalue weighted by Gasteiger charge is 2.32. The highest BCUT2D eigenvalue weighted by atomic mass is 16.2. The largest absolute Gasteiger partial charge is 0.343 e. The Morgan fingerprint density at radius 1 is 1.12 bits per heavy atom. The minimum absolute atomic E-state index is 0.0247. The van der Waals surface area contributed by atoms with E-state index in [1.165, 1.54) is 11.1 Å². The number of piperazine rings is 1. The van der Waals surface area contributed by atoms with Crippen molar-refractivity contribution >= 4 is 5.91 Å². The van der Waals surface area contributed by atoms with Crippen molar-refractivity contribution in [2.24, 2.45) is 0 Å². The summed E-state index contributed by atoms with van der Waals surface area (Å²) in [7, 11) is 1.92. The van der Waals surface area contributed by atoms with Crippen molar-refractivity contribution in [3.63, 3.8) is 0 Å². The SMILES string of the molecule is CCCCC1C(=O)N(C)CCN1Cc1ccc(-c2cccnc2)cc1. The molecule has 2 aromatic rings. The van der Waals surface area contributed by atoms with E-state index >= 15 is 0 Å². The van der Waals surface area contributed by atoms with Crippen LogP contribution in [-0.4, -0.2) is 46.9 Å². The van der Waals surface area contributed by atoms with Gasteiger partial charge >= 0.3 is 0 Å². The van der Waals surface area contributed by atoms with Crippen LogP contribution in [0, 0.1) is 0 Å². The smallest absolute Gasteiger partial charge is 0.239 e. The van der Waals surface area contributed by atoms with E-state index in [0.717, 1.165) is 44.5 Å². The second-order valence-electron chi connectivity index (χ2n) is 6.83. The first-order valence-corrected chi connectivity index (χ1v) is 9.17. The average Bonchev–Trinajstić information content (AvgIpc) is 2.66. The molecule has 132 valence electrons. The van der Waals surface area contributed by atoms with Gasteiger partial charge in [0.2, 0.25) is 5.91 Å². The molecule has 25 heavy (non-hydrogen) atoms. The molecule has 0 N–H and O–H groups in total. The first-order valence-electron chi connectivity index (χ1n) is 9.17. The van der Waals surface area contributed by atoms with Crippen molar-refractivity contribution in [3.8, 4) is 11.1 Å². The number of carbonyl (C=O) groups excluding carboxylic acids is 1. The summed E-state index contributed by atoms with van der Waals surface area (Å²) in [5, 5.41) is 0. The number of unbranched alkanes of at least 4 members (excludes halogenated alkanes) is 1. The van der Waals surface area contributed by atoms with E-state index in [-0.39, 0.29) is 11.9 Å². The van der Waals surface area contributed by atoms with E-state index in [4.69, 9.17) is 0 Å². The fourth-order valence-corrected chi connectivity index (χ4v) is 3.42. The molecule has 0 bridgehead atoms. The van der Waals surface area contributed by atoms with Crippen LogP contribution in [0.2, 0.25) is 0 Å². The number of hydrogen-bond acceptors (Lipinski definition) is 3. The summed E-state index contributed by atoms with van der Waals surface area (Å²) < 4.78 is 0. The maximum absolute atomic E-state index is 12.5. The van der Waals surface area contributed by atoms with Crippen molar-refractivity contribution in [2.45, 2.75) is 38.8 Å². The Morgan fingerprint density at radius 3 is 2.60 bits per heavy atom. The Kier molecular flexibility index (Phi) is 5.82. The third-order valence-corrected chi connectivity index (χ3v) is 4.99. The average molecular weight is 337 g/mol. The third-order valence-electron chi connectivity index (χ3n) is 4.99. The molecule has 1 unspecified atom stereocenters. The number of nitrogens with zero attached hydrogens (tertiary/aromatic N) is 3. The molecular weight excluding hydrogens is 310 g/mol. The summed E-state index contributed by atoms with van der Waals surface area (Å²) in [4.78, 5) is 21.0. The molecule has 0 aliphatic carbocycles. The first-order chi connectivity index (χ1) is 12.2. The Balaban J connectivity index is 1.70. The maximum atomic E-state index is 12.5. The van der Waals surface area contributed by atoms with Crippen molar-refractivity contribution in [3.05, 3.63) is 54.4 Å². The van der Waals surface area contributed by atoms with E-state index in [1.807, 2.05) is 24.2 Å². The summed E-state index contributed by atoms with van der Waals surface area (Å²) >= 11 is 0. The summed E-state index contributed by atoms with van der Waals surface area (Å²) in [6, 6.07) is 12.7. The van der Waals surface area contributed by atoms with E-state index in [0.29, 0.717) is 0 Å². The molecule has 1 aromatic heterocycles. The van der Waals surface area contributed by atoms with Gasteiger partial charge in [0.25, 0.3) is 0 Å². The lowest BCUT2D eigenvalue weighted by atomic mass is 10.0. The van der Waals surface area contributed by atoms with Crippen LogP contribution in [0.25, 0.3) is 11.1 Å². The molecule has 0 radical (unpaired) electrons. The zero-order valence-electron chi connectivity index (χ0n) is 15.2. The molecule has 1 fully saturated rings. The fraction of sp³-hybridized carbons (Fsp3) is 0.429. The van der Waals surface area contributed by atoms with Gasteiger partial charge in [0.05, 0.1) is 6.04 Å². The molecule has 1 saturated heterocycles. The normalized spacial score (nSPS) is 18.6. The monoisotopic (exact) mass is 337 g/mol. The zero-order chi connectivity index (χ0) is 17.6. The quantitative estimate of drug-likeness (QED) is 0.808. The van der Waals surface area contributed by atoms with Crippen LogP contribution in [0.5, 0.6) is 0 Å². The van der Waals surface area contributed by atoms with E-state index in [1.54, 1.807) is 6.20 Å². The highest BCUT2D eigenvalue weighted by molar-refractivity contribution is 5.82. The molecule has 2 heterocycles. The fourth-order valence-electron chi connectivity index (χ4n) is 3.42. The second-order valence-corrected chi connectivity index (χ2v) is 6.83. The minimum atomic E-state index is 0.0247. The van der Waals surface area contributed by atoms with Gasteiger partial charge in [0.1, 0.15) is 0 Å². The van der Waals surface area contributed by atoms with Crippen LogP contribution < -0.4 is 0 Å². The van der Waals surface area contributed by atoms with Crippen LogP contribution in [0.1, 0.15) is 31.7 Å². The minimum Gasteiger partial charge on any atom is -0.343 e. The van der Waals surface area contributed by atoms with Crippen molar-refractivity contribution in [1.29, 1.82) is 0 Å². The predicted molar refractivity (Wildman–Crippen MR) is 101 cm³/mol. The summed E-state index contributed by atoms with van der Waals surface area (Å²) in [5.74, 6) is 0.270. The van der Waals surface area contributed by atoms with E-state index in [9.17, 15) is 4.79 Å². The van der Waals surface area contributed by atoms with Crippen LogP contribution in [0.15, 0.2) is 48.8 Å². The number of hydrogen-bond donors (Lipinski definition) is 0. The predicted octanol–water partition coefficient (Wildman–Crippen LogP) is 3.58. The Hall–Kier alpha value is -2.20. The van der Waals surface area contributed by atoms with Gasteiger partial charge in [-0.2, -0.15) is 0 Å². The van der Waals surface area contributed by atoms with Crippen molar-refractivity contribution in [2.75, 3.05) is 20.1 Å². The number of rotatable bonds is 6. The van der Waals surface area contributed by atoms with Crippen molar-refractivity contribution < 1.29 is 4.79 Å². The summed E-state index contributed by atoms with van der Waals surface area (Å²) in [6.07, 6.45) is 6.85. The molecular formula is C21H27N3O. The lowest BCUT2D eigenvalue weighted by Gasteiger charge is -2.39. The molecule has 0 spiro atoms. The van der Waals surface area contributed by atoms with Crippen LogP contribution in [0.3, 0.4) is 0 Å². The van der Waals surface area contributed by atoms with Gasteiger partial charge in [-0.25, -0.2) is 0 Å². The van der Waals surface area contributed by atoms with Gasteiger partial charge in [-0.05, 0) is 29.2 Å². The van der Waals surface area contributed by atoms with Crippen molar-refractivity contribution in [1.82, 2.24) is 14.8 Å². The molecule has 1 aliphatic heterocycles. The molecule has 1 aliphatic rings. The number of likely N-dealkylation sites (N-methyl/N-ethyl adjacent to an activating group) is 1. The van der Waals surface area contributed by atoms with Crippen LogP contribution >= 0.6 is 0 Å². The van der Waals surface area contributed by atoms with Gasteiger partial charge in [0.15, 0.2) is 0 Å².